The summed E-state index contributed by atoms with van der Waals surface area (Å²) in [5.41, 5.74) is 18.8. The second kappa shape index (κ2) is 15.0. The lowest BCUT2D eigenvalue weighted by atomic mass is 9.64. The first-order valence-electron chi connectivity index (χ1n) is 22.9. The Morgan fingerprint density at radius 1 is 0.403 bits per heavy atom. The zero-order chi connectivity index (χ0) is 44.1. The van der Waals surface area contributed by atoms with E-state index < -0.39 is 5.41 Å². The number of anilines is 6. The molecule has 0 atom stereocenters. The van der Waals surface area contributed by atoms with E-state index in [4.69, 9.17) is 0 Å². The summed E-state index contributed by atoms with van der Waals surface area (Å²) in [5, 5.41) is 6.05. The van der Waals surface area contributed by atoms with E-state index in [-0.39, 0.29) is 0 Å². The largest absolute Gasteiger partial charge is 0.310 e. The highest BCUT2D eigenvalue weighted by Crippen LogP contribution is 2.65. The van der Waals surface area contributed by atoms with E-state index in [0.717, 1.165) is 22.7 Å². The van der Waals surface area contributed by atoms with Gasteiger partial charge in [-0.15, -0.1) is 22.7 Å². The molecule has 4 heteroatoms. The van der Waals surface area contributed by atoms with E-state index in [1.54, 1.807) is 11.3 Å². The third-order valence-corrected chi connectivity index (χ3v) is 16.3. The van der Waals surface area contributed by atoms with Crippen LogP contribution >= 0.6 is 22.7 Å². The molecule has 0 amide bonds. The molecule has 10 aromatic carbocycles. The van der Waals surface area contributed by atoms with E-state index in [2.05, 4.69) is 252 Å². The molecule has 0 N–H and O–H groups in total. The quantitative estimate of drug-likeness (QED) is 0.164. The Hall–Kier alpha value is -8.02. The maximum Gasteiger partial charge on any atom is 0.0755 e. The third-order valence-electron chi connectivity index (χ3n) is 14.2. The van der Waals surface area contributed by atoms with Gasteiger partial charge < -0.3 is 9.80 Å². The molecule has 2 nitrogen and oxygen atoms in total. The third kappa shape index (κ3) is 5.61. The first-order chi connectivity index (χ1) is 33.3. The average molecular weight is 889 g/mol. The summed E-state index contributed by atoms with van der Waals surface area (Å²) in [6.45, 7) is 0. The highest BCUT2D eigenvalue weighted by atomic mass is 32.1. The molecular formula is C63H40N2S2. The Kier molecular flexibility index (Phi) is 8.57. The van der Waals surface area contributed by atoms with Crippen molar-refractivity contribution in [3.05, 3.63) is 264 Å². The van der Waals surface area contributed by atoms with Gasteiger partial charge in [-0.25, -0.2) is 0 Å². The van der Waals surface area contributed by atoms with Gasteiger partial charge in [0.05, 0.1) is 28.2 Å². The average Bonchev–Trinajstić information content (AvgIpc) is 4.11. The molecule has 1 spiro atoms. The first kappa shape index (κ1) is 38.3. The predicted octanol–water partition coefficient (Wildman–Crippen LogP) is 18.2. The molecule has 0 unspecified atom stereocenters. The molecule has 12 aromatic rings. The van der Waals surface area contributed by atoms with E-state index in [1.807, 2.05) is 11.3 Å². The van der Waals surface area contributed by atoms with Gasteiger partial charge in [-0.3, -0.25) is 0 Å². The Bertz CT molecular complexity index is 3850. The van der Waals surface area contributed by atoms with Crippen LogP contribution in [0.1, 0.15) is 22.3 Å². The highest BCUT2D eigenvalue weighted by Gasteiger charge is 2.52. The van der Waals surface area contributed by atoms with Crippen LogP contribution in [0.15, 0.2) is 242 Å². The summed E-state index contributed by atoms with van der Waals surface area (Å²) in [5.74, 6) is 0. The molecular weight excluding hydrogens is 849 g/mol. The fourth-order valence-electron chi connectivity index (χ4n) is 11.4. The summed E-state index contributed by atoms with van der Waals surface area (Å²) < 4.78 is 3.91. The maximum absolute atomic E-state index is 2.54. The standard InChI is InChI=1S/C63H40N2S2/c1-2-16-44(17-3-1)65-56-28-11-8-24-52(56)63(53-25-9-12-29-57(53)65)51-23-7-4-20-50(51)61-54(63)26-15-30-58(61)64(45-35-32-41(33-36-45)42-34-37-59-43(40-42)38-39-66-59)55-27-10-5-18-46(55)48-21-14-22-49-47-19-6-13-31-60(47)67-62(48)49/h1-40H. The van der Waals surface area contributed by atoms with Crippen molar-refractivity contribution < 1.29 is 0 Å². The van der Waals surface area contributed by atoms with Crippen molar-refractivity contribution in [2.75, 3.05) is 9.80 Å². The normalized spacial score (nSPS) is 13.2. The number of nitrogens with zero attached hydrogens (tertiary/aromatic N) is 2. The van der Waals surface area contributed by atoms with Crippen LogP contribution in [0.25, 0.3) is 63.6 Å². The lowest BCUT2D eigenvalue weighted by Gasteiger charge is -2.45. The number of benzene rings is 10. The summed E-state index contributed by atoms with van der Waals surface area (Å²) in [4.78, 5) is 4.99. The number of para-hydroxylation sites is 4. The van der Waals surface area contributed by atoms with Crippen LogP contribution in [-0.2, 0) is 5.41 Å². The molecule has 0 bridgehead atoms. The minimum Gasteiger partial charge on any atom is -0.310 e. The Morgan fingerprint density at radius 3 is 1.84 bits per heavy atom. The minimum atomic E-state index is -0.585. The van der Waals surface area contributed by atoms with Crippen molar-refractivity contribution in [1.29, 1.82) is 0 Å². The molecule has 314 valence electrons. The second-order valence-electron chi connectivity index (χ2n) is 17.6. The van der Waals surface area contributed by atoms with Gasteiger partial charge in [0, 0.05) is 52.9 Å². The van der Waals surface area contributed by atoms with Crippen molar-refractivity contribution in [2.45, 2.75) is 5.41 Å². The number of rotatable bonds is 6. The Labute approximate surface area is 397 Å². The van der Waals surface area contributed by atoms with Crippen LogP contribution in [0.2, 0.25) is 0 Å². The molecule has 2 aliphatic rings. The molecule has 67 heavy (non-hydrogen) atoms. The minimum absolute atomic E-state index is 0.585. The smallest absolute Gasteiger partial charge is 0.0755 e. The summed E-state index contributed by atoms with van der Waals surface area (Å²) >= 11 is 3.68. The van der Waals surface area contributed by atoms with Gasteiger partial charge in [0.1, 0.15) is 0 Å². The van der Waals surface area contributed by atoms with Crippen LogP contribution in [-0.4, -0.2) is 0 Å². The van der Waals surface area contributed by atoms with Crippen LogP contribution < -0.4 is 9.80 Å². The Morgan fingerprint density at radius 2 is 1.01 bits per heavy atom. The van der Waals surface area contributed by atoms with E-state index >= 15 is 0 Å². The number of hydrogen-bond acceptors (Lipinski definition) is 4. The fourth-order valence-corrected chi connectivity index (χ4v) is 13.4. The van der Waals surface area contributed by atoms with Crippen LogP contribution in [0.5, 0.6) is 0 Å². The monoisotopic (exact) mass is 888 g/mol. The van der Waals surface area contributed by atoms with Crippen LogP contribution in [0.4, 0.5) is 34.1 Å². The molecule has 2 aromatic heterocycles. The molecule has 0 radical (unpaired) electrons. The van der Waals surface area contributed by atoms with Crippen molar-refractivity contribution in [2.24, 2.45) is 0 Å². The van der Waals surface area contributed by atoms with Crippen molar-refractivity contribution in [3.63, 3.8) is 0 Å². The second-order valence-corrected chi connectivity index (χ2v) is 19.6. The van der Waals surface area contributed by atoms with E-state index in [0.29, 0.717) is 0 Å². The summed E-state index contributed by atoms with van der Waals surface area (Å²) in [7, 11) is 0. The molecule has 0 saturated heterocycles. The van der Waals surface area contributed by atoms with Crippen molar-refractivity contribution in [1.82, 2.24) is 0 Å². The van der Waals surface area contributed by atoms with Gasteiger partial charge in [-0.1, -0.05) is 164 Å². The van der Waals surface area contributed by atoms with Crippen LogP contribution in [0.3, 0.4) is 0 Å². The summed E-state index contributed by atoms with van der Waals surface area (Å²) in [6, 6.07) is 88.2. The lowest BCUT2D eigenvalue weighted by molar-refractivity contribution is 0.752. The number of hydrogen-bond donors (Lipinski definition) is 0. The van der Waals surface area contributed by atoms with E-state index in [1.165, 1.54) is 97.3 Å². The molecule has 1 aliphatic carbocycles. The fraction of sp³-hybridized carbons (Fsp3) is 0.0159. The molecule has 14 rings (SSSR count). The SMILES string of the molecule is c1ccc(N2c3ccccc3C3(c4ccccc4-c4c(N(c5ccc(-c6ccc7sccc7c6)cc5)c5ccccc5-c5cccc6c5sc5ccccc56)cccc43)c3ccccc32)cc1. The van der Waals surface area contributed by atoms with Gasteiger partial charge in [-0.2, -0.15) is 0 Å². The zero-order valence-electron chi connectivity index (χ0n) is 36.3. The van der Waals surface area contributed by atoms with Gasteiger partial charge in [-0.05, 0) is 123 Å². The van der Waals surface area contributed by atoms with Crippen LogP contribution in [0, 0.1) is 0 Å². The van der Waals surface area contributed by atoms with Gasteiger partial charge >= 0.3 is 0 Å². The first-order valence-corrected chi connectivity index (χ1v) is 24.6. The Balaban J connectivity index is 1.04. The molecule has 0 fully saturated rings. The number of thiophene rings is 2. The van der Waals surface area contributed by atoms with E-state index in [9.17, 15) is 0 Å². The molecule has 0 saturated carbocycles. The maximum atomic E-state index is 2.54. The van der Waals surface area contributed by atoms with Crippen molar-refractivity contribution >= 4 is 87.1 Å². The zero-order valence-corrected chi connectivity index (χ0v) is 37.9. The summed E-state index contributed by atoms with van der Waals surface area (Å²) in [6.07, 6.45) is 0. The van der Waals surface area contributed by atoms with Gasteiger partial charge in [0.25, 0.3) is 0 Å². The lowest BCUT2D eigenvalue weighted by Crippen LogP contribution is -2.36. The topological polar surface area (TPSA) is 6.48 Å². The predicted molar refractivity (Wildman–Crippen MR) is 286 cm³/mol. The molecule has 3 heterocycles. The number of fused-ring (bicyclic) bond motifs is 13. The van der Waals surface area contributed by atoms with Gasteiger partial charge in [0.2, 0.25) is 0 Å². The molecule has 1 aliphatic heterocycles. The highest BCUT2D eigenvalue weighted by molar-refractivity contribution is 7.26. The van der Waals surface area contributed by atoms with Crippen molar-refractivity contribution in [3.8, 4) is 33.4 Å². The van der Waals surface area contributed by atoms with Gasteiger partial charge in [0.15, 0.2) is 0 Å².